The number of carbonyl (C=O) groups is 2. The molecule has 0 spiro atoms. The lowest BCUT2D eigenvalue weighted by molar-refractivity contribution is -0.139. The Morgan fingerprint density at radius 3 is 2.36 bits per heavy atom. The van der Waals surface area contributed by atoms with Crippen LogP contribution in [0, 0.1) is 11.8 Å². The number of para-hydroxylation sites is 1. The number of halogens is 3. The summed E-state index contributed by atoms with van der Waals surface area (Å²) < 4.78 is 41.1. The molecule has 0 radical (unpaired) electrons. The molecule has 25 heavy (non-hydrogen) atoms. The van der Waals surface area contributed by atoms with Gasteiger partial charge in [0.2, 0.25) is 11.8 Å². The number of anilines is 1. The van der Waals surface area contributed by atoms with E-state index >= 15 is 0 Å². The van der Waals surface area contributed by atoms with Crippen LogP contribution in [-0.4, -0.2) is 16.4 Å². The molecule has 3 heterocycles. The van der Waals surface area contributed by atoms with E-state index in [0.29, 0.717) is 5.69 Å². The summed E-state index contributed by atoms with van der Waals surface area (Å²) in [7, 11) is 0. The molecule has 130 valence electrons. The summed E-state index contributed by atoms with van der Waals surface area (Å²) in [6.07, 6.45) is -3.19. The minimum atomic E-state index is -4.47. The molecule has 1 aromatic carbocycles. The molecule has 1 aromatic heterocycles. The van der Waals surface area contributed by atoms with Gasteiger partial charge in [-0.1, -0.05) is 18.2 Å². The lowest BCUT2D eigenvalue weighted by atomic mass is 9.81. The Balaban J connectivity index is 1.77. The van der Waals surface area contributed by atoms with Gasteiger partial charge in [0, 0.05) is 24.4 Å². The molecule has 3 atom stereocenters. The van der Waals surface area contributed by atoms with E-state index in [4.69, 9.17) is 0 Å². The standard InChI is InChI=1S/C18H15F3N2O2/c1-10-15-12(9-14-13(18(19,20)21)7-8-22(10)14)16(24)23(17(15)25)11-5-3-2-4-6-11/h2-8,10,12,15H,9H2,1H3/t10-,12-,15+/m0/s1. The quantitative estimate of drug-likeness (QED) is 0.741. The number of aromatic nitrogens is 1. The van der Waals surface area contributed by atoms with Crippen LogP contribution in [-0.2, 0) is 22.2 Å². The summed E-state index contributed by atoms with van der Waals surface area (Å²) in [4.78, 5) is 26.8. The van der Waals surface area contributed by atoms with E-state index in [-0.39, 0.29) is 18.0 Å². The van der Waals surface area contributed by atoms with Gasteiger partial charge >= 0.3 is 6.18 Å². The number of benzene rings is 1. The molecule has 1 fully saturated rings. The van der Waals surface area contributed by atoms with Crippen LogP contribution in [0.25, 0.3) is 0 Å². The molecule has 4 rings (SSSR count). The third kappa shape index (κ3) is 2.22. The van der Waals surface area contributed by atoms with Gasteiger partial charge in [0.15, 0.2) is 0 Å². The lowest BCUT2D eigenvalue weighted by Gasteiger charge is -2.31. The van der Waals surface area contributed by atoms with Crippen molar-refractivity contribution in [3.63, 3.8) is 0 Å². The monoisotopic (exact) mass is 348 g/mol. The molecule has 0 unspecified atom stereocenters. The number of hydrogen-bond donors (Lipinski definition) is 0. The topological polar surface area (TPSA) is 42.3 Å². The molecule has 0 aliphatic carbocycles. The van der Waals surface area contributed by atoms with Gasteiger partial charge in [-0.25, -0.2) is 4.90 Å². The van der Waals surface area contributed by atoms with E-state index in [0.717, 1.165) is 11.0 Å². The number of rotatable bonds is 1. The van der Waals surface area contributed by atoms with Gasteiger partial charge in [-0.2, -0.15) is 13.2 Å². The zero-order valence-electron chi connectivity index (χ0n) is 13.3. The summed E-state index contributed by atoms with van der Waals surface area (Å²) in [6, 6.07) is 9.02. The molecule has 2 aromatic rings. The SMILES string of the molecule is C[C@H]1[C@H]2C(=O)N(c3ccccc3)C(=O)[C@H]2Cc2c(C(F)(F)F)ccn21. The zero-order chi connectivity index (χ0) is 17.9. The van der Waals surface area contributed by atoms with Gasteiger partial charge in [-0.15, -0.1) is 0 Å². The van der Waals surface area contributed by atoms with E-state index in [2.05, 4.69) is 0 Å². The molecule has 4 nitrogen and oxygen atoms in total. The van der Waals surface area contributed by atoms with E-state index < -0.39 is 35.5 Å². The summed E-state index contributed by atoms with van der Waals surface area (Å²) >= 11 is 0. The number of fused-ring (bicyclic) bond motifs is 2. The first-order chi connectivity index (χ1) is 11.8. The lowest BCUT2D eigenvalue weighted by Crippen LogP contribution is -2.35. The van der Waals surface area contributed by atoms with Crippen molar-refractivity contribution in [3.8, 4) is 0 Å². The maximum Gasteiger partial charge on any atom is 0.418 e. The van der Waals surface area contributed by atoms with Crippen LogP contribution in [0.2, 0.25) is 0 Å². The number of alkyl halides is 3. The molecule has 7 heteroatoms. The normalized spacial score (nSPS) is 25.9. The average molecular weight is 348 g/mol. The van der Waals surface area contributed by atoms with Crippen molar-refractivity contribution in [3.05, 3.63) is 53.9 Å². The largest absolute Gasteiger partial charge is 0.418 e. The van der Waals surface area contributed by atoms with Gasteiger partial charge in [0.1, 0.15) is 0 Å². The first-order valence-electron chi connectivity index (χ1n) is 8.00. The predicted octanol–water partition coefficient (Wildman–Crippen LogP) is 3.43. The highest BCUT2D eigenvalue weighted by Gasteiger charge is 2.54. The van der Waals surface area contributed by atoms with Crippen molar-refractivity contribution in [1.29, 1.82) is 0 Å². The fraction of sp³-hybridized carbons (Fsp3) is 0.333. The van der Waals surface area contributed by atoms with Crippen molar-refractivity contribution in [2.45, 2.75) is 25.6 Å². The zero-order valence-corrected chi connectivity index (χ0v) is 13.3. The maximum atomic E-state index is 13.2. The van der Waals surface area contributed by atoms with Crippen molar-refractivity contribution in [2.75, 3.05) is 4.90 Å². The highest BCUT2D eigenvalue weighted by atomic mass is 19.4. The molecule has 0 bridgehead atoms. The number of nitrogens with zero attached hydrogens (tertiary/aromatic N) is 2. The summed E-state index contributed by atoms with van der Waals surface area (Å²) in [5.74, 6) is -2.17. The number of amides is 2. The second-order valence-corrected chi connectivity index (χ2v) is 6.51. The predicted molar refractivity (Wildman–Crippen MR) is 83.8 cm³/mol. The molecule has 0 N–H and O–H groups in total. The van der Waals surface area contributed by atoms with Crippen molar-refractivity contribution in [2.24, 2.45) is 11.8 Å². The van der Waals surface area contributed by atoms with Gasteiger partial charge in [-0.05, 0) is 25.1 Å². The Hall–Kier alpha value is -2.57. The van der Waals surface area contributed by atoms with Gasteiger partial charge in [0.25, 0.3) is 0 Å². The third-order valence-electron chi connectivity index (χ3n) is 5.19. The average Bonchev–Trinajstić information content (AvgIpc) is 3.09. The van der Waals surface area contributed by atoms with E-state index in [1.165, 1.54) is 10.8 Å². The molecular weight excluding hydrogens is 333 g/mol. The maximum absolute atomic E-state index is 13.2. The number of imide groups is 1. The molecular formula is C18H15F3N2O2. The Morgan fingerprint density at radius 2 is 1.72 bits per heavy atom. The van der Waals surface area contributed by atoms with Crippen LogP contribution < -0.4 is 4.90 Å². The van der Waals surface area contributed by atoms with Crippen LogP contribution in [0.15, 0.2) is 42.6 Å². The Kier molecular flexibility index (Phi) is 3.32. The smallest absolute Gasteiger partial charge is 0.347 e. The van der Waals surface area contributed by atoms with Crippen molar-refractivity contribution in [1.82, 2.24) is 4.57 Å². The fourth-order valence-electron chi connectivity index (χ4n) is 4.05. The van der Waals surface area contributed by atoms with Crippen LogP contribution in [0.5, 0.6) is 0 Å². The Morgan fingerprint density at radius 1 is 1.04 bits per heavy atom. The van der Waals surface area contributed by atoms with E-state index in [9.17, 15) is 22.8 Å². The van der Waals surface area contributed by atoms with Gasteiger partial charge < -0.3 is 4.57 Å². The third-order valence-corrected chi connectivity index (χ3v) is 5.19. The van der Waals surface area contributed by atoms with Crippen molar-refractivity contribution < 1.29 is 22.8 Å². The van der Waals surface area contributed by atoms with Crippen LogP contribution >= 0.6 is 0 Å². The minimum absolute atomic E-state index is 0.0786. The Bertz CT molecular complexity index is 857. The minimum Gasteiger partial charge on any atom is -0.347 e. The van der Waals surface area contributed by atoms with Gasteiger partial charge in [-0.3, -0.25) is 9.59 Å². The molecule has 1 saturated heterocycles. The van der Waals surface area contributed by atoms with E-state index in [1.54, 1.807) is 37.3 Å². The Labute approximate surface area is 141 Å². The van der Waals surface area contributed by atoms with E-state index in [1.807, 2.05) is 0 Å². The first kappa shape index (κ1) is 15.9. The van der Waals surface area contributed by atoms with Gasteiger partial charge in [0.05, 0.1) is 23.1 Å². The highest BCUT2D eigenvalue weighted by molar-refractivity contribution is 6.22. The van der Waals surface area contributed by atoms with Crippen LogP contribution in [0.1, 0.15) is 24.2 Å². The van der Waals surface area contributed by atoms with Crippen LogP contribution in [0.3, 0.4) is 0 Å². The summed E-state index contributed by atoms with van der Waals surface area (Å²) in [5, 5.41) is 0. The molecule has 2 amide bonds. The van der Waals surface area contributed by atoms with Crippen LogP contribution in [0.4, 0.5) is 18.9 Å². The van der Waals surface area contributed by atoms with Crippen molar-refractivity contribution >= 4 is 17.5 Å². The first-order valence-corrected chi connectivity index (χ1v) is 8.00. The molecule has 0 saturated carbocycles. The fourth-order valence-corrected chi connectivity index (χ4v) is 4.05. The molecule has 2 aliphatic heterocycles. The second kappa shape index (κ2) is 5.21. The highest BCUT2D eigenvalue weighted by Crippen LogP contribution is 2.46. The number of hydrogen-bond acceptors (Lipinski definition) is 2. The second-order valence-electron chi connectivity index (χ2n) is 6.51. The summed E-state index contributed by atoms with van der Waals surface area (Å²) in [5.41, 5.74) is -0.187. The summed E-state index contributed by atoms with van der Waals surface area (Å²) in [6.45, 7) is 1.69. The molecule has 2 aliphatic rings. The number of carbonyl (C=O) groups excluding carboxylic acids is 2.